The lowest BCUT2D eigenvalue weighted by Gasteiger charge is -2.29. The zero-order valence-electron chi connectivity index (χ0n) is 15.8. The highest BCUT2D eigenvalue weighted by Gasteiger charge is 2.39. The Morgan fingerprint density at radius 2 is 2.23 bits per heavy atom. The van der Waals surface area contributed by atoms with Gasteiger partial charge in [-0.15, -0.1) is 0 Å². The van der Waals surface area contributed by atoms with E-state index < -0.39 is 5.60 Å². The monoisotopic (exact) mass is 358 g/mol. The highest BCUT2D eigenvalue weighted by molar-refractivity contribution is 5.96. The molecule has 140 valence electrons. The van der Waals surface area contributed by atoms with E-state index in [-0.39, 0.29) is 18.4 Å². The number of aryl methyl sites for hydroxylation is 1. The van der Waals surface area contributed by atoms with Gasteiger partial charge in [0, 0.05) is 26.3 Å². The van der Waals surface area contributed by atoms with Gasteiger partial charge in [0.1, 0.15) is 22.7 Å². The summed E-state index contributed by atoms with van der Waals surface area (Å²) in [4.78, 5) is 20.9. The SMILES string of the molecule is Cc1onc(C(C)C)c1C(=O)N(C)C[C@]1(O)CCN(c2ccccn2)C1. The third-order valence-corrected chi connectivity index (χ3v) is 4.83. The number of hydrogen-bond donors (Lipinski definition) is 1. The second-order valence-corrected chi connectivity index (χ2v) is 7.40. The van der Waals surface area contributed by atoms with Gasteiger partial charge in [-0.1, -0.05) is 25.1 Å². The van der Waals surface area contributed by atoms with E-state index in [2.05, 4.69) is 10.1 Å². The van der Waals surface area contributed by atoms with Crippen LogP contribution in [-0.2, 0) is 0 Å². The number of rotatable bonds is 5. The van der Waals surface area contributed by atoms with Crippen LogP contribution >= 0.6 is 0 Å². The lowest BCUT2D eigenvalue weighted by atomic mass is 10.0. The van der Waals surface area contributed by atoms with Crippen LogP contribution in [0.3, 0.4) is 0 Å². The number of pyridine rings is 1. The Morgan fingerprint density at radius 1 is 1.46 bits per heavy atom. The molecule has 1 amide bonds. The minimum Gasteiger partial charge on any atom is -0.386 e. The molecular formula is C19H26N4O3. The zero-order chi connectivity index (χ0) is 18.9. The molecular weight excluding hydrogens is 332 g/mol. The summed E-state index contributed by atoms with van der Waals surface area (Å²) in [6, 6.07) is 5.72. The van der Waals surface area contributed by atoms with Crippen molar-refractivity contribution in [2.45, 2.75) is 38.7 Å². The Labute approximate surface area is 153 Å². The van der Waals surface area contributed by atoms with Crippen LogP contribution in [0.2, 0.25) is 0 Å². The van der Waals surface area contributed by atoms with Crippen LogP contribution in [0.5, 0.6) is 0 Å². The molecule has 0 spiro atoms. The van der Waals surface area contributed by atoms with Crippen LogP contribution in [0.4, 0.5) is 5.82 Å². The molecule has 1 fully saturated rings. The number of carbonyl (C=O) groups excluding carboxylic acids is 1. The molecule has 0 saturated carbocycles. The van der Waals surface area contributed by atoms with Crippen molar-refractivity contribution in [2.75, 3.05) is 31.6 Å². The van der Waals surface area contributed by atoms with Crippen molar-refractivity contribution >= 4 is 11.7 Å². The molecule has 0 radical (unpaired) electrons. The molecule has 2 aromatic rings. The minimum atomic E-state index is -0.967. The highest BCUT2D eigenvalue weighted by Crippen LogP contribution is 2.28. The second-order valence-electron chi connectivity index (χ2n) is 7.40. The fraction of sp³-hybridized carbons (Fsp3) is 0.526. The minimum absolute atomic E-state index is 0.0917. The molecule has 1 saturated heterocycles. The van der Waals surface area contributed by atoms with E-state index in [0.717, 1.165) is 5.82 Å². The Morgan fingerprint density at radius 3 is 2.88 bits per heavy atom. The number of aromatic nitrogens is 2. The van der Waals surface area contributed by atoms with Crippen LogP contribution in [0.1, 0.15) is 48.0 Å². The molecule has 2 aromatic heterocycles. The first kappa shape index (κ1) is 18.4. The average molecular weight is 358 g/mol. The molecule has 1 aliphatic rings. The maximum Gasteiger partial charge on any atom is 0.259 e. The van der Waals surface area contributed by atoms with E-state index in [9.17, 15) is 9.90 Å². The number of nitrogens with zero attached hydrogens (tertiary/aromatic N) is 4. The number of aliphatic hydroxyl groups is 1. The Hall–Kier alpha value is -2.41. The van der Waals surface area contributed by atoms with Gasteiger partial charge in [-0.2, -0.15) is 0 Å². The summed E-state index contributed by atoms with van der Waals surface area (Å²) in [5.74, 6) is 1.28. The number of hydrogen-bond acceptors (Lipinski definition) is 6. The first-order valence-corrected chi connectivity index (χ1v) is 8.91. The van der Waals surface area contributed by atoms with Gasteiger partial charge in [-0.05, 0) is 31.4 Å². The van der Waals surface area contributed by atoms with Crippen molar-refractivity contribution in [3.8, 4) is 0 Å². The summed E-state index contributed by atoms with van der Waals surface area (Å²) in [5, 5.41) is 15.0. The molecule has 1 N–H and O–H groups in total. The average Bonchev–Trinajstić information content (AvgIpc) is 3.18. The Kier molecular flexibility index (Phi) is 5.00. The van der Waals surface area contributed by atoms with E-state index in [1.54, 1.807) is 25.1 Å². The maximum absolute atomic E-state index is 12.9. The molecule has 0 unspecified atom stereocenters. The van der Waals surface area contributed by atoms with E-state index in [0.29, 0.717) is 36.5 Å². The maximum atomic E-state index is 12.9. The van der Waals surface area contributed by atoms with Crippen LogP contribution in [-0.4, -0.2) is 58.3 Å². The third kappa shape index (κ3) is 3.58. The summed E-state index contributed by atoms with van der Waals surface area (Å²) >= 11 is 0. The van der Waals surface area contributed by atoms with Gasteiger partial charge >= 0.3 is 0 Å². The van der Waals surface area contributed by atoms with Crippen molar-refractivity contribution in [3.05, 3.63) is 41.4 Å². The molecule has 1 atom stereocenters. The quantitative estimate of drug-likeness (QED) is 0.882. The topological polar surface area (TPSA) is 82.7 Å². The fourth-order valence-electron chi connectivity index (χ4n) is 3.47. The normalized spacial score (nSPS) is 20.0. The summed E-state index contributed by atoms with van der Waals surface area (Å²) in [5.41, 5.74) is 0.198. The van der Waals surface area contributed by atoms with Gasteiger partial charge in [0.25, 0.3) is 5.91 Å². The summed E-state index contributed by atoms with van der Waals surface area (Å²) < 4.78 is 5.22. The Bertz CT molecular complexity index is 774. The van der Waals surface area contributed by atoms with Crippen molar-refractivity contribution in [1.82, 2.24) is 15.0 Å². The molecule has 0 aliphatic carbocycles. The number of anilines is 1. The van der Waals surface area contributed by atoms with Crippen LogP contribution in [0.15, 0.2) is 28.9 Å². The van der Waals surface area contributed by atoms with E-state index in [1.165, 1.54) is 0 Å². The van der Waals surface area contributed by atoms with Crippen LogP contribution < -0.4 is 4.90 Å². The van der Waals surface area contributed by atoms with E-state index in [4.69, 9.17) is 4.52 Å². The number of β-amino-alcohol motifs (C(OH)–C–C–N with tert-alkyl or cyclic N) is 1. The lowest BCUT2D eigenvalue weighted by molar-refractivity contribution is 0.0263. The van der Waals surface area contributed by atoms with Gasteiger partial charge in [0.2, 0.25) is 0 Å². The third-order valence-electron chi connectivity index (χ3n) is 4.83. The molecule has 0 bridgehead atoms. The van der Waals surface area contributed by atoms with Gasteiger partial charge < -0.3 is 19.4 Å². The summed E-state index contributed by atoms with van der Waals surface area (Å²) in [7, 11) is 1.71. The van der Waals surface area contributed by atoms with Crippen LogP contribution in [0.25, 0.3) is 0 Å². The molecule has 7 nitrogen and oxygen atoms in total. The zero-order valence-corrected chi connectivity index (χ0v) is 15.8. The van der Waals surface area contributed by atoms with Crippen molar-refractivity contribution < 1.29 is 14.4 Å². The summed E-state index contributed by atoms with van der Waals surface area (Å²) in [6.07, 6.45) is 2.32. The molecule has 26 heavy (non-hydrogen) atoms. The van der Waals surface area contributed by atoms with Crippen LogP contribution in [0, 0.1) is 6.92 Å². The molecule has 3 rings (SSSR count). The predicted octanol–water partition coefficient (Wildman–Crippen LogP) is 2.21. The fourth-order valence-corrected chi connectivity index (χ4v) is 3.47. The molecule has 1 aliphatic heterocycles. The van der Waals surface area contributed by atoms with Gasteiger partial charge in [-0.3, -0.25) is 4.79 Å². The first-order valence-electron chi connectivity index (χ1n) is 8.91. The van der Waals surface area contributed by atoms with Crippen molar-refractivity contribution in [1.29, 1.82) is 0 Å². The molecule has 3 heterocycles. The van der Waals surface area contributed by atoms with E-state index >= 15 is 0 Å². The van der Waals surface area contributed by atoms with Gasteiger partial charge in [0.15, 0.2) is 0 Å². The Balaban J connectivity index is 1.71. The summed E-state index contributed by atoms with van der Waals surface area (Å²) in [6.45, 7) is 7.09. The number of amides is 1. The van der Waals surface area contributed by atoms with Gasteiger partial charge in [-0.25, -0.2) is 4.98 Å². The molecule has 7 heteroatoms. The van der Waals surface area contributed by atoms with E-state index in [1.807, 2.05) is 36.9 Å². The molecule has 0 aromatic carbocycles. The van der Waals surface area contributed by atoms with Crippen molar-refractivity contribution in [3.63, 3.8) is 0 Å². The number of carbonyl (C=O) groups is 1. The van der Waals surface area contributed by atoms with Crippen molar-refractivity contribution in [2.24, 2.45) is 0 Å². The highest BCUT2D eigenvalue weighted by atomic mass is 16.5. The number of likely N-dealkylation sites (N-methyl/N-ethyl adjacent to an activating group) is 1. The van der Waals surface area contributed by atoms with Gasteiger partial charge in [0.05, 0.1) is 12.2 Å². The lowest BCUT2D eigenvalue weighted by Crippen LogP contribution is -2.46. The second kappa shape index (κ2) is 7.07. The standard InChI is InChI=1S/C19H26N4O3/c1-13(2)17-16(14(3)26-21-17)18(24)22(4)11-19(25)8-10-23(12-19)15-7-5-6-9-20-15/h5-7,9,13,25H,8,10-12H2,1-4H3/t19-/m1/s1. The largest absolute Gasteiger partial charge is 0.386 e. The predicted molar refractivity (Wildman–Crippen MR) is 98.3 cm³/mol. The first-order chi connectivity index (χ1) is 12.3. The smallest absolute Gasteiger partial charge is 0.259 e.